The molecular weight excluding hydrogens is 392 g/mol. The summed E-state index contributed by atoms with van der Waals surface area (Å²) in [6, 6.07) is 13.7. The second-order valence-corrected chi connectivity index (χ2v) is 7.80. The molecule has 150 valence electrons. The zero-order valence-corrected chi connectivity index (χ0v) is 16.7. The van der Waals surface area contributed by atoms with Gasteiger partial charge in [0.2, 0.25) is 17.6 Å². The molecule has 29 heavy (non-hydrogen) atoms. The number of Topliss-reactive ketones (excluding diaryl/α,β-unsaturated/α-hetero) is 1. The summed E-state index contributed by atoms with van der Waals surface area (Å²) in [5, 5.41) is 4.77. The Bertz CT molecular complexity index is 958. The minimum Gasteiger partial charge on any atom is -0.454 e. The molecule has 0 aromatic heterocycles. The van der Waals surface area contributed by atoms with Crippen molar-refractivity contribution in [2.24, 2.45) is 0 Å². The van der Waals surface area contributed by atoms with Crippen molar-refractivity contribution < 1.29 is 23.9 Å². The number of para-hydroxylation sites is 1. The minimum atomic E-state index is -0.988. The van der Waals surface area contributed by atoms with Crippen LogP contribution in [0.4, 0.5) is 11.4 Å². The second kappa shape index (κ2) is 8.91. The number of carbonyl (C=O) groups is 4. The van der Waals surface area contributed by atoms with Crippen LogP contribution in [0.1, 0.15) is 30.6 Å². The van der Waals surface area contributed by atoms with Crippen LogP contribution in [0.15, 0.2) is 53.4 Å². The number of rotatable bonds is 6. The van der Waals surface area contributed by atoms with Gasteiger partial charge >= 0.3 is 5.97 Å². The van der Waals surface area contributed by atoms with Gasteiger partial charge in [0.1, 0.15) is 0 Å². The van der Waals surface area contributed by atoms with Crippen molar-refractivity contribution in [3.05, 3.63) is 54.1 Å². The van der Waals surface area contributed by atoms with Crippen LogP contribution in [0.2, 0.25) is 0 Å². The SMILES string of the molecule is CC(=O)Nc1ccc(C(=O)[C@H](C)OC(=O)C[C@@H]2Sc3ccccc3NC2=O)cc1. The van der Waals surface area contributed by atoms with Crippen molar-refractivity contribution in [1.29, 1.82) is 0 Å². The van der Waals surface area contributed by atoms with Crippen molar-refractivity contribution in [1.82, 2.24) is 0 Å². The number of anilines is 2. The Morgan fingerprint density at radius 1 is 1.14 bits per heavy atom. The number of amides is 2. The molecule has 2 aromatic carbocycles. The van der Waals surface area contributed by atoms with Crippen molar-refractivity contribution in [2.75, 3.05) is 10.6 Å². The maximum absolute atomic E-state index is 12.5. The molecule has 1 heterocycles. The summed E-state index contributed by atoms with van der Waals surface area (Å²) in [5.41, 5.74) is 1.65. The number of hydrogen-bond acceptors (Lipinski definition) is 6. The molecule has 1 aliphatic rings. The van der Waals surface area contributed by atoms with Crippen LogP contribution in [-0.2, 0) is 19.1 Å². The predicted octanol–water partition coefficient (Wildman–Crippen LogP) is 3.26. The molecule has 2 amide bonds. The number of ether oxygens (including phenoxy) is 1. The summed E-state index contributed by atoms with van der Waals surface area (Å²) in [6.07, 6.45) is -1.12. The number of carbonyl (C=O) groups excluding carboxylic acids is 4. The van der Waals surface area contributed by atoms with E-state index in [-0.39, 0.29) is 24.0 Å². The van der Waals surface area contributed by atoms with E-state index in [1.54, 1.807) is 30.3 Å². The van der Waals surface area contributed by atoms with Crippen molar-refractivity contribution in [3.8, 4) is 0 Å². The lowest BCUT2D eigenvalue weighted by molar-refractivity contribution is -0.147. The highest BCUT2D eigenvalue weighted by Gasteiger charge is 2.30. The largest absolute Gasteiger partial charge is 0.454 e. The van der Waals surface area contributed by atoms with Gasteiger partial charge in [-0.25, -0.2) is 0 Å². The van der Waals surface area contributed by atoms with Crippen molar-refractivity contribution >= 4 is 46.7 Å². The monoisotopic (exact) mass is 412 g/mol. The summed E-state index contributed by atoms with van der Waals surface area (Å²) < 4.78 is 5.25. The standard InChI is InChI=1S/C21H20N2O5S/c1-12(20(26)14-7-9-15(10-8-14)22-13(2)24)28-19(25)11-18-21(27)23-16-5-3-4-6-17(16)29-18/h3-10,12,18H,11H2,1-2H3,(H,22,24)(H,23,27)/t12-,18-/m0/s1. The lowest BCUT2D eigenvalue weighted by Gasteiger charge is -2.23. The first-order valence-corrected chi connectivity index (χ1v) is 9.89. The second-order valence-electron chi connectivity index (χ2n) is 6.55. The van der Waals surface area contributed by atoms with Gasteiger partial charge in [-0.1, -0.05) is 12.1 Å². The first kappa shape index (κ1) is 20.6. The average Bonchev–Trinajstić information content (AvgIpc) is 2.68. The van der Waals surface area contributed by atoms with Gasteiger partial charge in [0.25, 0.3) is 0 Å². The Balaban J connectivity index is 1.57. The Hall–Kier alpha value is -3.13. The summed E-state index contributed by atoms with van der Waals surface area (Å²) in [4.78, 5) is 48.9. The fourth-order valence-electron chi connectivity index (χ4n) is 2.83. The molecule has 1 aliphatic heterocycles. The Labute approximate surface area is 172 Å². The highest BCUT2D eigenvalue weighted by molar-refractivity contribution is 8.01. The van der Waals surface area contributed by atoms with Gasteiger partial charge in [0.15, 0.2) is 6.10 Å². The van der Waals surface area contributed by atoms with E-state index < -0.39 is 17.3 Å². The van der Waals surface area contributed by atoms with E-state index in [2.05, 4.69) is 10.6 Å². The number of ketones is 1. The van der Waals surface area contributed by atoms with Gasteiger partial charge in [0.05, 0.1) is 17.4 Å². The van der Waals surface area contributed by atoms with Crippen molar-refractivity contribution in [3.63, 3.8) is 0 Å². The normalized spacial score (nSPS) is 16.2. The van der Waals surface area contributed by atoms with Crippen LogP contribution in [0.5, 0.6) is 0 Å². The van der Waals surface area contributed by atoms with Gasteiger partial charge in [-0.05, 0) is 43.3 Å². The molecule has 7 nitrogen and oxygen atoms in total. The third kappa shape index (κ3) is 5.23. The molecule has 8 heteroatoms. The zero-order valence-electron chi connectivity index (χ0n) is 15.9. The number of esters is 1. The fourth-order valence-corrected chi connectivity index (χ4v) is 3.93. The van der Waals surface area contributed by atoms with E-state index in [0.29, 0.717) is 11.3 Å². The van der Waals surface area contributed by atoms with Crippen LogP contribution in [0.3, 0.4) is 0 Å². The van der Waals surface area contributed by atoms with Crippen LogP contribution in [0, 0.1) is 0 Å². The highest BCUT2D eigenvalue weighted by atomic mass is 32.2. The number of hydrogen-bond donors (Lipinski definition) is 2. The minimum absolute atomic E-state index is 0.135. The number of benzene rings is 2. The third-order valence-corrected chi connectivity index (χ3v) is 5.50. The molecule has 0 bridgehead atoms. The molecule has 0 radical (unpaired) electrons. The maximum atomic E-state index is 12.5. The van der Waals surface area contributed by atoms with Gasteiger partial charge < -0.3 is 15.4 Å². The van der Waals surface area contributed by atoms with Gasteiger partial charge in [-0.2, -0.15) is 0 Å². The number of thioether (sulfide) groups is 1. The summed E-state index contributed by atoms with van der Waals surface area (Å²) in [6.45, 7) is 2.88. The molecule has 0 saturated heterocycles. The molecule has 2 atom stereocenters. The molecule has 0 spiro atoms. The van der Waals surface area contributed by atoms with E-state index in [4.69, 9.17) is 4.74 Å². The predicted molar refractivity (Wildman–Crippen MR) is 110 cm³/mol. The number of fused-ring (bicyclic) bond motifs is 1. The first-order chi connectivity index (χ1) is 13.8. The van der Waals surface area contributed by atoms with Crippen LogP contribution in [-0.4, -0.2) is 34.9 Å². The van der Waals surface area contributed by atoms with Crippen LogP contribution >= 0.6 is 11.8 Å². The van der Waals surface area contributed by atoms with Crippen LogP contribution in [0.25, 0.3) is 0 Å². The van der Waals surface area contributed by atoms with E-state index in [1.807, 2.05) is 18.2 Å². The van der Waals surface area contributed by atoms with Crippen molar-refractivity contribution in [2.45, 2.75) is 36.5 Å². The van der Waals surface area contributed by atoms with Crippen LogP contribution < -0.4 is 10.6 Å². The Morgan fingerprint density at radius 3 is 2.52 bits per heavy atom. The molecular formula is C21H20N2O5S. The Morgan fingerprint density at radius 2 is 1.83 bits per heavy atom. The molecule has 2 aromatic rings. The van der Waals surface area contributed by atoms with Gasteiger partial charge in [-0.3, -0.25) is 19.2 Å². The average molecular weight is 412 g/mol. The van der Waals surface area contributed by atoms with E-state index in [9.17, 15) is 19.2 Å². The van der Waals surface area contributed by atoms with Gasteiger partial charge in [0, 0.05) is 23.1 Å². The summed E-state index contributed by atoms with van der Waals surface area (Å²) in [5.74, 6) is -1.46. The lowest BCUT2D eigenvalue weighted by Crippen LogP contribution is -2.33. The fraction of sp³-hybridized carbons (Fsp3) is 0.238. The van der Waals surface area contributed by atoms with E-state index in [0.717, 1.165) is 10.6 Å². The summed E-state index contributed by atoms with van der Waals surface area (Å²) in [7, 11) is 0. The maximum Gasteiger partial charge on any atom is 0.308 e. The first-order valence-electron chi connectivity index (χ1n) is 9.01. The molecule has 2 N–H and O–H groups in total. The quantitative estimate of drug-likeness (QED) is 0.558. The zero-order chi connectivity index (χ0) is 21.0. The highest BCUT2D eigenvalue weighted by Crippen LogP contribution is 2.36. The molecule has 0 fully saturated rings. The van der Waals surface area contributed by atoms with Gasteiger partial charge in [-0.15, -0.1) is 11.8 Å². The molecule has 0 aliphatic carbocycles. The summed E-state index contributed by atoms with van der Waals surface area (Å²) >= 11 is 1.30. The lowest BCUT2D eigenvalue weighted by atomic mass is 10.1. The molecule has 3 rings (SSSR count). The number of nitrogens with one attached hydrogen (secondary N) is 2. The van der Waals surface area contributed by atoms with E-state index in [1.165, 1.54) is 25.6 Å². The van der Waals surface area contributed by atoms with E-state index >= 15 is 0 Å². The Kier molecular flexibility index (Phi) is 6.33. The smallest absolute Gasteiger partial charge is 0.308 e. The molecule has 0 saturated carbocycles. The topological polar surface area (TPSA) is 102 Å². The third-order valence-electron chi connectivity index (χ3n) is 4.23. The molecule has 0 unspecified atom stereocenters.